The SMILES string of the molecule is c1ccc(C2CCN(c3nccs3)CC2)cc1. The summed E-state index contributed by atoms with van der Waals surface area (Å²) in [6, 6.07) is 10.9. The summed E-state index contributed by atoms with van der Waals surface area (Å²) in [6.45, 7) is 2.26. The number of rotatable bonds is 2. The minimum atomic E-state index is 0.729. The summed E-state index contributed by atoms with van der Waals surface area (Å²) in [5.41, 5.74) is 1.49. The van der Waals surface area contributed by atoms with E-state index in [1.165, 1.54) is 23.5 Å². The van der Waals surface area contributed by atoms with Crippen molar-refractivity contribution in [1.82, 2.24) is 4.98 Å². The van der Waals surface area contributed by atoms with Crippen LogP contribution in [0.5, 0.6) is 0 Å². The normalized spacial score (nSPS) is 17.3. The third-order valence-electron chi connectivity index (χ3n) is 3.46. The Morgan fingerprint density at radius 3 is 2.53 bits per heavy atom. The third kappa shape index (κ3) is 2.34. The molecule has 0 radical (unpaired) electrons. The zero-order valence-corrected chi connectivity index (χ0v) is 10.6. The Labute approximate surface area is 106 Å². The van der Waals surface area contributed by atoms with E-state index in [9.17, 15) is 0 Å². The fourth-order valence-corrected chi connectivity index (χ4v) is 3.20. The van der Waals surface area contributed by atoms with Crippen LogP contribution in [0, 0.1) is 0 Å². The monoisotopic (exact) mass is 244 g/mol. The molecular formula is C14H16N2S. The summed E-state index contributed by atoms with van der Waals surface area (Å²) in [5, 5.41) is 3.23. The number of nitrogens with zero attached hydrogens (tertiary/aromatic N) is 2. The molecule has 0 spiro atoms. The molecule has 0 unspecified atom stereocenters. The molecule has 0 aliphatic carbocycles. The van der Waals surface area contributed by atoms with Gasteiger partial charge in [0.2, 0.25) is 0 Å². The van der Waals surface area contributed by atoms with Gasteiger partial charge in [0.05, 0.1) is 0 Å². The van der Waals surface area contributed by atoms with Crippen LogP contribution in [0.1, 0.15) is 24.3 Å². The van der Waals surface area contributed by atoms with E-state index in [0.29, 0.717) is 0 Å². The fraction of sp³-hybridized carbons (Fsp3) is 0.357. The van der Waals surface area contributed by atoms with Crippen LogP contribution in [-0.2, 0) is 0 Å². The van der Waals surface area contributed by atoms with E-state index in [-0.39, 0.29) is 0 Å². The van der Waals surface area contributed by atoms with Gasteiger partial charge in [-0.1, -0.05) is 30.3 Å². The Balaban J connectivity index is 1.65. The highest BCUT2D eigenvalue weighted by Crippen LogP contribution is 2.30. The number of benzene rings is 1. The molecule has 1 saturated heterocycles. The van der Waals surface area contributed by atoms with Crippen LogP contribution in [0.2, 0.25) is 0 Å². The number of thiazole rings is 1. The third-order valence-corrected chi connectivity index (χ3v) is 4.29. The molecule has 1 aliphatic heterocycles. The Bertz CT molecular complexity index is 444. The summed E-state index contributed by atoms with van der Waals surface area (Å²) in [7, 11) is 0. The lowest BCUT2D eigenvalue weighted by molar-refractivity contribution is 0.505. The maximum absolute atomic E-state index is 4.38. The lowest BCUT2D eigenvalue weighted by Gasteiger charge is -2.31. The Hall–Kier alpha value is -1.35. The highest BCUT2D eigenvalue weighted by atomic mass is 32.1. The maximum atomic E-state index is 4.38. The molecule has 3 rings (SSSR count). The van der Waals surface area contributed by atoms with Crippen LogP contribution < -0.4 is 4.90 Å². The van der Waals surface area contributed by atoms with Crippen molar-refractivity contribution in [2.24, 2.45) is 0 Å². The second kappa shape index (κ2) is 4.88. The fourth-order valence-electron chi connectivity index (χ4n) is 2.50. The van der Waals surface area contributed by atoms with Gasteiger partial charge in [0.25, 0.3) is 0 Å². The highest BCUT2D eigenvalue weighted by molar-refractivity contribution is 7.13. The second-order valence-electron chi connectivity index (χ2n) is 4.49. The van der Waals surface area contributed by atoms with E-state index in [1.807, 2.05) is 6.20 Å². The zero-order chi connectivity index (χ0) is 11.5. The van der Waals surface area contributed by atoms with Crippen molar-refractivity contribution in [2.75, 3.05) is 18.0 Å². The van der Waals surface area contributed by atoms with E-state index >= 15 is 0 Å². The molecule has 1 fully saturated rings. The smallest absolute Gasteiger partial charge is 0.185 e. The van der Waals surface area contributed by atoms with Crippen LogP contribution in [0.3, 0.4) is 0 Å². The van der Waals surface area contributed by atoms with Crippen molar-refractivity contribution in [1.29, 1.82) is 0 Å². The van der Waals surface area contributed by atoms with Crippen LogP contribution >= 0.6 is 11.3 Å². The topological polar surface area (TPSA) is 16.1 Å². The van der Waals surface area contributed by atoms with Gasteiger partial charge in [-0.15, -0.1) is 11.3 Å². The van der Waals surface area contributed by atoms with Crippen molar-refractivity contribution in [3.05, 3.63) is 47.5 Å². The van der Waals surface area contributed by atoms with Gasteiger partial charge in [0, 0.05) is 24.7 Å². The molecule has 0 N–H and O–H groups in total. The highest BCUT2D eigenvalue weighted by Gasteiger charge is 2.21. The summed E-state index contributed by atoms with van der Waals surface area (Å²) in [4.78, 5) is 6.79. The van der Waals surface area contributed by atoms with Crippen molar-refractivity contribution < 1.29 is 0 Å². The van der Waals surface area contributed by atoms with Crippen molar-refractivity contribution in [2.45, 2.75) is 18.8 Å². The Kier molecular flexibility index (Phi) is 3.10. The van der Waals surface area contributed by atoms with Gasteiger partial charge in [-0.3, -0.25) is 0 Å². The van der Waals surface area contributed by atoms with E-state index in [2.05, 4.69) is 45.6 Å². The first-order chi connectivity index (χ1) is 8.43. The van der Waals surface area contributed by atoms with Crippen LogP contribution in [0.15, 0.2) is 41.9 Å². The lowest BCUT2D eigenvalue weighted by atomic mass is 9.90. The molecule has 2 aromatic rings. The number of piperidine rings is 1. The number of anilines is 1. The molecular weight excluding hydrogens is 228 g/mol. The van der Waals surface area contributed by atoms with Gasteiger partial charge >= 0.3 is 0 Å². The lowest BCUT2D eigenvalue weighted by Crippen LogP contribution is -2.32. The molecule has 3 heteroatoms. The number of hydrogen-bond acceptors (Lipinski definition) is 3. The zero-order valence-electron chi connectivity index (χ0n) is 9.75. The minimum Gasteiger partial charge on any atom is -0.348 e. The largest absolute Gasteiger partial charge is 0.348 e. The van der Waals surface area contributed by atoms with E-state index < -0.39 is 0 Å². The van der Waals surface area contributed by atoms with Crippen molar-refractivity contribution in [3.63, 3.8) is 0 Å². The Morgan fingerprint density at radius 1 is 1.12 bits per heavy atom. The van der Waals surface area contributed by atoms with Crippen LogP contribution in [0.25, 0.3) is 0 Å². The van der Waals surface area contributed by atoms with Gasteiger partial charge in [-0.05, 0) is 24.3 Å². The Morgan fingerprint density at radius 2 is 1.88 bits per heavy atom. The number of aromatic nitrogens is 1. The molecule has 0 atom stereocenters. The molecule has 1 aliphatic rings. The summed E-state index contributed by atoms with van der Waals surface area (Å²) in [5.74, 6) is 0.729. The molecule has 2 nitrogen and oxygen atoms in total. The number of hydrogen-bond donors (Lipinski definition) is 0. The first kappa shape index (κ1) is 10.8. The second-order valence-corrected chi connectivity index (χ2v) is 5.36. The van der Waals surface area contributed by atoms with Crippen LogP contribution in [-0.4, -0.2) is 18.1 Å². The van der Waals surface area contributed by atoms with Gasteiger partial charge in [0.15, 0.2) is 5.13 Å². The van der Waals surface area contributed by atoms with Gasteiger partial charge in [0.1, 0.15) is 0 Å². The summed E-state index contributed by atoms with van der Waals surface area (Å²) >= 11 is 1.74. The van der Waals surface area contributed by atoms with Crippen molar-refractivity contribution in [3.8, 4) is 0 Å². The van der Waals surface area contributed by atoms with E-state index in [4.69, 9.17) is 0 Å². The van der Waals surface area contributed by atoms with Gasteiger partial charge in [-0.25, -0.2) is 4.98 Å². The molecule has 0 bridgehead atoms. The predicted octanol–water partition coefficient (Wildman–Crippen LogP) is 3.53. The standard InChI is InChI=1S/C14H16N2S/c1-2-4-12(5-3-1)13-6-9-16(10-7-13)14-15-8-11-17-14/h1-5,8,11,13H,6-7,9-10H2. The average Bonchev–Trinajstić information content (AvgIpc) is 2.94. The maximum Gasteiger partial charge on any atom is 0.185 e. The molecule has 0 saturated carbocycles. The minimum absolute atomic E-state index is 0.729. The van der Waals surface area contributed by atoms with Crippen LogP contribution in [0.4, 0.5) is 5.13 Å². The van der Waals surface area contributed by atoms with Gasteiger partial charge in [-0.2, -0.15) is 0 Å². The molecule has 0 amide bonds. The first-order valence-corrected chi connectivity index (χ1v) is 7.01. The molecule has 1 aromatic carbocycles. The van der Waals surface area contributed by atoms with E-state index in [0.717, 1.165) is 19.0 Å². The average molecular weight is 244 g/mol. The molecule has 1 aromatic heterocycles. The molecule has 88 valence electrons. The quantitative estimate of drug-likeness (QED) is 0.803. The molecule has 17 heavy (non-hydrogen) atoms. The molecule has 2 heterocycles. The summed E-state index contributed by atoms with van der Waals surface area (Å²) in [6.07, 6.45) is 4.37. The van der Waals surface area contributed by atoms with Gasteiger partial charge < -0.3 is 4.90 Å². The first-order valence-electron chi connectivity index (χ1n) is 6.13. The van der Waals surface area contributed by atoms with Crippen molar-refractivity contribution >= 4 is 16.5 Å². The summed E-state index contributed by atoms with van der Waals surface area (Å²) < 4.78 is 0. The predicted molar refractivity (Wildman–Crippen MR) is 72.7 cm³/mol. The van der Waals surface area contributed by atoms with E-state index in [1.54, 1.807) is 11.3 Å².